The average Bonchev–Trinajstić information content (AvgIpc) is 2.45. The third-order valence-electron chi connectivity index (χ3n) is 3.45. The van der Waals surface area contributed by atoms with Gasteiger partial charge in [-0.25, -0.2) is 8.42 Å². The van der Waals surface area contributed by atoms with E-state index in [4.69, 9.17) is 16.3 Å². The van der Waals surface area contributed by atoms with Gasteiger partial charge in [0.05, 0.1) is 29.5 Å². The Morgan fingerprint density at radius 1 is 1.33 bits per heavy atom. The monoisotopic (exact) mass is 333 g/mol. The molecular weight excluding hydrogens is 314 g/mol. The van der Waals surface area contributed by atoms with Crippen molar-refractivity contribution < 1.29 is 18.3 Å². The summed E-state index contributed by atoms with van der Waals surface area (Å²) in [7, 11) is -3.32. The summed E-state index contributed by atoms with van der Waals surface area (Å²) in [6.45, 7) is 3.52. The van der Waals surface area contributed by atoms with Gasteiger partial charge in [-0.1, -0.05) is 11.6 Å². The van der Waals surface area contributed by atoms with Gasteiger partial charge >= 0.3 is 0 Å². The molecule has 5 nitrogen and oxygen atoms in total. The molecule has 0 saturated carbocycles. The number of ether oxygens (including phenoxy) is 1. The minimum atomic E-state index is -3.32. The number of aliphatic hydroxyl groups is 1. The Bertz CT molecular complexity index is 561. The van der Waals surface area contributed by atoms with E-state index in [1.165, 1.54) is 12.1 Å². The van der Waals surface area contributed by atoms with Gasteiger partial charge in [0.2, 0.25) is 0 Å². The second-order valence-electron chi connectivity index (χ2n) is 5.28. The van der Waals surface area contributed by atoms with Crippen molar-refractivity contribution in [3.05, 3.63) is 29.3 Å². The maximum absolute atomic E-state index is 12.3. The van der Waals surface area contributed by atoms with Crippen molar-refractivity contribution in [2.75, 3.05) is 32.0 Å². The summed E-state index contributed by atoms with van der Waals surface area (Å²) >= 11 is 5.77. The molecule has 1 fully saturated rings. The topological polar surface area (TPSA) is 66.8 Å². The van der Waals surface area contributed by atoms with Crippen LogP contribution in [0.2, 0.25) is 5.02 Å². The normalized spacial score (nSPS) is 24.1. The summed E-state index contributed by atoms with van der Waals surface area (Å²) < 4.78 is 30.1. The van der Waals surface area contributed by atoms with E-state index in [9.17, 15) is 13.5 Å². The van der Waals surface area contributed by atoms with Crippen LogP contribution in [0.5, 0.6) is 0 Å². The Morgan fingerprint density at radius 2 is 2.00 bits per heavy atom. The number of sulfone groups is 1. The summed E-state index contributed by atoms with van der Waals surface area (Å²) in [5, 5.41) is 9.69. The van der Waals surface area contributed by atoms with Crippen molar-refractivity contribution in [1.29, 1.82) is 0 Å². The fourth-order valence-electron chi connectivity index (χ4n) is 2.43. The van der Waals surface area contributed by atoms with Crippen LogP contribution in [0.4, 0.5) is 0 Å². The Morgan fingerprint density at radius 3 is 2.62 bits per heavy atom. The van der Waals surface area contributed by atoms with Crippen molar-refractivity contribution >= 4 is 21.4 Å². The fourth-order valence-corrected chi connectivity index (χ4v) is 3.84. The van der Waals surface area contributed by atoms with Crippen LogP contribution < -0.4 is 0 Å². The lowest BCUT2D eigenvalue weighted by molar-refractivity contribution is -0.0936. The third kappa shape index (κ3) is 4.66. The summed E-state index contributed by atoms with van der Waals surface area (Å²) in [5.74, 6) is 0.0412. The standard InChI is InChI=1S/C14H20ClNO4S/c1-11-8-16(9-13(10-17)20-11)6-7-21(18,19)14-4-2-12(15)3-5-14/h2-5,11,13,17H,6-10H2,1H3. The predicted octanol–water partition coefficient (Wildman–Crippen LogP) is 1.20. The molecule has 1 saturated heterocycles. The minimum absolute atomic E-state index is 0.00543. The molecule has 0 aromatic heterocycles. The van der Waals surface area contributed by atoms with Gasteiger partial charge in [-0.3, -0.25) is 4.90 Å². The zero-order chi connectivity index (χ0) is 15.5. The molecule has 21 heavy (non-hydrogen) atoms. The molecule has 1 aromatic carbocycles. The molecule has 1 aromatic rings. The van der Waals surface area contributed by atoms with Gasteiger partial charge < -0.3 is 9.84 Å². The lowest BCUT2D eigenvalue weighted by Crippen LogP contribution is -2.49. The van der Waals surface area contributed by atoms with E-state index >= 15 is 0 Å². The molecule has 1 aliphatic heterocycles. The van der Waals surface area contributed by atoms with Crippen LogP contribution in [0, 0.1) is 0 Å². The SMILES string of the molecule is CC1CN(CCS(=O)(=O)c2ccc(Cl)cc2)CC(CO)O1. The van der Waals surface area contributed by atoms with Gasteiger partial charge in [-0.2, -0.15) is 0 Å². The summed E-state index contributed by atoms with van der Waals surface area (Å²) in [6, 6.07) is 6.20. The second-order valence-corrected chi connectivity index (χ2v) is 7.83. The molecule has 118 valence electrons. The van der Waals surface area contributed by atoms with Crippen LogP contribution >= 0.6 is 11.6 Å². The number of benzene rings is 1. The van der Waals surface area contributed by atoms with Crippen LogP contribution in [0.3, 0.4) is 0 Å². The van der Waals surface area contributed by atoms with Crippen molar-refractivity contribution in [2.24, 2.45) is 0 Å². The van der Waals surface area contributed by atoms with Gasteiger partial charge in [-0.05, 0) is 31.2 Å². The number of halogens is 1. The highest BCUT2D eigenvalue weighted by Crippen LogP contribution is 2.16. The molecule has 7 heteroatoms. The smallest absolute Gasteiger partial charge is 0.179 e. The van der Waals surface area contributed by atoms with E-state index in [0.717, 1.165) is 0 Å². The highest BCUT2D eigenvalue weighted by molar-refractivity contribution is 7.91. The van der Waals surface area contributed by atoms with Gasteiger partial charge in [0.25, 0.3) is 0 Å². The first-order valence-corrected chi connectivity index (χ1v) is 8.91. The van der Waals surface area contributed by atoms with E-state index in [1.807, 2.05) is 11.8 Å². The maximum Gasteiger partial charge on any atom is 0.179 e. The molecular formula is C14H20ClNO4S. The Hall–Kier alpha value is -0.660. The average molecular weight is 334 g/mol. The highest BCUT2D eigenvalue weighted by atomic mass is 35.5. The van der Waals surface area contributed by atoms with Gasteiger partial charge in [-0.15, -0.1) is 0 Å². The van der Waals surface area contributed by atoms with Gasteiger partial charge in [0.1, 0.15) is 0 Å². The van der Waals surface area contributed by atoms with E-state index < -0.39 is 9.84 Å². The molecule has 0 spiro atoms. The van der Waals surface area contributed by atoms with Crippen molar-refractivity contribution in [1.82, 2.24) is 4.90 Å². The number of nitrogens with zero attached hydrogens (tertiary/aromatic N) is 1. The number of aliphatic hydroxyl groups excluding tert-OH is 1. The van der Waals surface area contributed by atoms with Crippen molar-refractivity contribution in [3.8, 4) is 0 Å². The minimum Gasteiger partial charge on any atom is -0.394 e. The predicted molar refractivity (Wildman–Crippen MR) is 81.4 cm³/mol. The fraction of sp³-hybridized carbons (Fsp3) is 0.571. The Labute approximate surface area is 130 Å². The number of hydrogen-bond donors (Lipinski definition) is 1. The van der Waals surface area contributed by atoms with Crippen LogP contribution in [0.1, 0.15) is 6.92 Å². The molecule has 2 rings (SSSR count). The first-order valence-electron chi connectivity index (χ1n) is 6.87. The van der Waals surface area contributed by atoms with E-state index in [0.29, 0.717) is 24.7 Å². The molecule has 1 N–H and O–H groups in total. The summed E-state index contributed by atoms with van der Waals surface area (Å²) in [4.78, 5) is 2.30. The zero-order valence-electron chi connectivity index (χ0n) is 11.9. The number of hydrogen-bond acceptors (Lipinski definition) is 5. The van der Waals surface area contributed by atoms with Crippen LogP contribution in [0.15, 0.2) is 29.2 Å². The zero-order valence-corrected chi connectivity index (χ0v) is 13.5. The maximum atomic E-state index is 12.3. The highest BCUT2D eigenvalue weighted by Gasteiger charge is 2.26. The van der Waals surface area contributed by atoms with Gasteiger partial charge in [0, 0.05) is 24.7 Å². The molecule has 1 heterocycles. The molecule has 1 aliphatic rings. The Balaban J connectivity index is 1.96. The Kier molecular flexibility index (Phi) is 5.62. The molecule has 2 unspecified atom stereocenters. The third-order valence-corrected chi connectivity index (χ3v) is 5.42. The largest absolute Gasteiger partial charge is 0.394 e. The summed E-state index contributed by atoms with van der Waals surface area (Å²) in [6.07, 6.45) is -0.249. The first-order chi connectivity index (χ1) is 9.90. The van der Waals surface area contributed by atoms with Crippen LogP contribution in [0.25, 0.3) is 0 Å². The van der Waals surface area contributed by atoms with Gasteiger partial charge in [0.15, 0.2) is 9.84 Å². The number of morpholine rings is 1. The second kappa shape index (κ2) is 7.07. The molecule has 0 amide bonds. The van der Waals surface area contributed by atoms with Crippen LogP contribution in [-0.2, 0) is 14.6 Å². The number of rotatable bonds is 5. The van der Waals surface area contributed by atoms with Crippen LogP contribution in [-0.4, -0.2) is 62.6 Å². The van der Waals surface area contributed by atoms with E-state index in [1.54, 1.807) is 12.1 Å². The quantitative estimate of drug-likeness (QED) is 0.877. The van der Waals surface area contributed by atoms with Crippen molar-refractivity contribution in [2.45, 2.75) is 24.0 Å². The first kappa shape index (κ1) is 16.7. The summed E-state index contributed by atoms with van der Waals surface area (Å²) in [5.41, 5.74) is 0. The van der Waals surface area contributed by atoms with E-state index in [2.05, 4.69) is 0 Å². The van der Waals surface area contributed by atoms with E-state index in [-0.39, 0.29) is 29.5 Å². The molecule has 0 bridgehead atoms. The molecule has 0 radical (unpaired) electrons. The lowest BCUT2D eigenvalue weighted by Gasteiger charge is -2.35. The lowest BCUT2D eigenvalue weighted by atomic mass is 10.2. The van der Waals surface area contributed by atoms with Crippen molar-refractivity contribution in [3.63, 3.8) is 0 Å². The molecule has 0 aliphatic carbocycles. The molecule has 2 atom stereocenters.